The molecule has 2 aromatic carbocycles. The molecule has 1 N–H and O–H groups in total. The predicted molar refractivity (Wildman–Crippen MR) is 107 cm³/mol. The van der Waals surface area contributed by atoms with E-state index in [-0.39, 0.29) is 6.03 Å². The van der Waals surface area contributed by atoms with Crippen molar-refractivity contribution >= 4 is 34.9 Å². The van der Waals surface area contributed by atoms with Gasteiger partial charge in [0.2, 0.25) is 0 Å². The lowest BCUT2D eigenvalue weighted by atomic mass is 9.94. The van der Waals surface area contributed by atoms with E-state index in [0.29, 0.717) is 16.6 Å². The minimum absolute atomic E-state index is 0.129. The highest BCUT2D eigenvalue weighted by Gasteiger charge is 2.26. The van der Waals surface area contributed by atoms with E-state index < -0.39 is 5.54 Å². The van der Waals surface area contributed by atoms with Gasteiger partial charge in [0.25, 0.3) is 0 Å². The molecule has 3 nitrogen and oxygen atoms in total. The largest absolute Gasteiger partial charge is 0.329 e. The van der Waals surface area contributed by atoms with Crippen LogP contribution in [0.4, 0.5) is 10.5 Å². The number of amides is 2. The van der Waals surface area contributed by atoms with Crippen molar-refractivity contribution in [1.29, 1.82) is 0 Å². The summed E-state index contributed by atoms with van der Waals surface area (Å²) in [7, 11) is 0. The Bertz CT molecular complexity index is 717. The molecule has 25 heavy (non-hydrogen) atoms. The summed E-state index contributed by atoms with van der Waals surface area (Å²) in [6.07, 6.45) is 1.96. The van der Waals surface area contributed by atoms with E-state index in [0.717, 1.165) is 24.1 Å². The SMILES string of the molecule is CCCCN(C(=O)NC(C)(C)c1ccc(Cl)c(Cl)c1)c1ccccc1. The number of nitrogens with one attached hydrogen (secondary N) is 1. The molecule has 2 rings (SSSR count). The lowest BCUT2D eigenvalue weighted by Crippen LogP contribution is -2.49. The van der Waals surface area contributed by atoms with Gasteiger partial charge in [0.05, 0.1) is 15.6 Å². The van der Waals surface area contributed by atoms with Crippen LogP contribution in [0.2, 0.25) is 10.0 Å². The number of benzene rings is 2. The Kier molecular flexibility index (Phi) is 6.74. The third kappa shape index (κ3) is 5.13. The van der Waals surface area contributed by atoms with Crippen LogP contribution in [0.5, 0.6) is 0 Å². The van der Waals surface area contributed by atoms with E-state index in [1.807, 2.05) is 50.2 Å². The molecule has 0 aromatic heterocycles. The second-order valence-electron chi connectivity index (χ2n) is 6.52. The van der Waals surface area contributed by atoms with Crippen LogP contribution in [0, 0.1) is 0 Å². The van der Waals surface area contributed by atoms with E-state index in [1.165, 1.54) is 0 Å². The first-order valence-electron chi connectivity index (χ1n) is 8.45. The zero-order valence-electron chi connectivity index (χ0n) is 14.9. The van der Waals surface area contributed by atoms with Gasteiger partial charge in [-0.3, -0.25) is 4.90 Å². The molecule has 0 atom stereocenters. The molecule has 0 aliphatic rings. The number of urea groups is 1. The summed E-state index contributed by atoms with van der Waals surface area (Å²) < 4.78 is 0. The molecular weight excluding hydrogens is 355 g/mol. The number of hydrogen-bond acceptors (Lipinski definition) is 1. The maximum absolute atomic E-state index is 12.9. The van der Waals surface area contributed by atoms with E-state index in [4.69, 9.17) is 23.2 Å². The number of para-hydroxylation sites is 1. The van der Waals surface area contributed by atoms with Crippen LogP contribution in [-0.2, 0) is 5.54 Å². The second-order valence-corrected chi connectivity index (χ2v) is 7.34. The Hall–Kier alpha value is -1.71. The summed E-state index contributed by atoms with van der Waals surface area (Å²) in [5, 5.41) is 4.09. The molecule has 2 amide bonds. The quantitative estimate of drug-likeness (QED) is 0.633. The predicted octanol–water partition coefficient (Wildman–Crippen LogP) is 6.24. The van der Waals surface area contributed by atoms with Gasteiger partial charge in [-0.05, 0) is 50.1 Å². The fourth-order valence-electron chi connectivity index (χ4n) is 2.56. The molecule has 0 fully saturated rings. The Morgan fingerprint density at radius 2 is 1.76 bits per heavy atom. The molecule has 0 aliphatic carbocycles. The van der Waals surface area contributed by atoms with Gasteiger partial charge in [-0.15, -0.1) is 0 Å². The van der Waals surface area contributed by atoms with Crippen LogP contribution in [0.1, 0.15) is 39.2 Å². The highest BCUT2D eigenvalue weighted by atomic mass is 35.5. The molecule has 134 valence electrons. The van der Waals surface area contributed by atoms with Gasteiger partial charge in [0.1, 0.15) is 0 Å². The smallest absolute Gasteiger partial charge is 0.322 e. The molecule has 0 bridgehead atoms. The van der Waals surface area contributed by atoms with Gasteiger partial charge in [0, 0.05) is 12.2 Å². The van der Waals surface area contributed by atoms with Gasteiger partial charge in [0.15, 0.2) is 0 Å². The van der Waals surface area contributed by atoms with Crippen molar-refractivity contribution in [2.24, 2.45) is 0 Å². The van der Waals surface area contributed by atoms with Crippen molar-refractivity contribution < 1.29 is 4.79 Å². The van der Waals surface area contributed by atoms with Crippen molar-refractivity contribution in [2.75, 3.05) is 11.4 Å². The normalized spacial score (nSPS) is 11.2. The topological polar surface area (TPSA) is 32.3 Å². The monoisotopic (exact) mass is 378 g/mol. The Labute approximate surface area is 159 Å². The summed E-state index contributed by atoms with van der Waals surface area (Å²) in [6.45, 7) is 6.69. The van der Waals surface area contributed by atoms with Crippen LogP contribution in [-0.4, -0.2) is 12.6 Å². The van der Waals surface area contributed by atoms with Gasteiger partial charge in [-0.1, -0.05) is 60.8 Å². The van der Waals surface area contributed by atoms with Crippen molar-refractivity contribution in [1.82, 2.24) is 5.32 Å². The lowest BCUT2D eigenvalue weighted by Gasteiger charge is -2.32. The average molecular weight is 379 g/mol. The van der Waals surface area contributed by atoms with Crippen molar-refractivity contribution in [3.8, 4) is 0 Å². The van der Waals surface area contributed by atoms with Gasteiger partial charge in [-0.25, -0.2) is 4.79 Å². The van der Waals surface area contributed by atoms with E-state index in [1.54, 1.807) is 17.0 Å². The number of hydrogen-bond donors (Lipinski definition) is 1. The fraction of sp³-hybridized carbons (Fsp3) is 0.350. The third-order valence-corrected chi connectivity index (χ3v) is 4.85. The summed E-state index contributed by atoms with van der Waals surface area (Å²) in [6, 6.07) is 15.0. The molecule has 0 spiro atoms. The molecule has 0 saturated carbocycles. The molecule has 2 aromatic rings. The van der Waals surface area contributed by atoms with Crippen LogP contribution in [0.15, 0.2) is 48.5 Å². The zero-order chi connectivity index (χ0) is 18.4. The minimum Gasteiger partial charge on any atom is -0.329 e. The van der Waals surface area contributed by atoms with Gasteiger partial charge < -0.3 is 5.32 Å². The summed E-state index contributed by atoms with van der Waals surface area (Å²) in [4.78, 5) is 14.7. The average Bonchev–Trinajstić information content (AvgIpc) is 2.58. The van der Waals surface area contributed by atoms with Crippen LogP contribution >= 0.6 is 23.2 Å². The lowest BCUT2D eigenvalue weighted by molar-refractivity contribution is 0.235. The van der Waals surface area contributed by atoms with Gasteiger partial charge in [-0.2, -0.15) is 0 Å². The molecule has 0 aliphatic heterocycles. The number of unbranched alkanes of at least 4 members (excludes halogenated alkanes) is 1. The standard InChI is InChI=1S/C20H24Cl2N2O/c1-4-5-13-24(16-9-7-6-8-10-16)19(25)23-20(2,3)15-11-12-17(21)18(22)14-15/h6-12,14H,4-5,13H2,1-3H3,(H,23,25). The number of carbonyl (C=O) groups excluding carboxylic acids is 1. The summed E-state index contributed by atoms with van der Waals surface area (Å²) in [5.74, 6) is 0. The molecule has 0 saturated heterocycles. The van der Waals surface area contributed by atoms with E-state index >= 15 is 0 Å². The summed E-state index contributed by atoms with van der Waals surface area (Å²) in [5.41, 5.74) is 1.21. The minimum atomic E-state index is -0.579. The van der Waals surface area contributed by atoms with Gasteiger partial charge >= 0.3 is 6.03 Å². The summed E-state index contributed by atoms with van der Waals surface area (Å²) >= 11 is 12.1. The molecule has 5 heteroatoms. The number of carbonyl (C=O) groups is 1. The third-order valence-electron chi connectivity index (χ3n) is 4.11. The first-order valence-corrected chi connectivity index (χ1v) is 9.21. The Morgan fingerprint density at radius 3 is 2.36 bits per heavy atom. The Morgan fingerprint density at radius 1 is 1.08 bits per heavy atom. The molecule has 0 unspecified atom stereocenters. The maximum atomic E-state index is 12.9. The first kappa shape index (κ1) is 19.6. The maximum Gasteiger partial charge on any atom is 0.322 e. The number of rotatable bonds is 6. The second kappa shape index (κ2) is 8.59. The molecule has 0 radical (unpaired) electrons. The number of nitrogens with zero attached hydrogens (tertiary/aromatic N) is 1. The van der Waals surface area contributed by atoms with E-state index in [9.17, 15) is 4.79 Å². The fourth-order valence-corrected chi connectivity index (χ4v) is 2.86. The first-order chi connectivity index (χ1) is 11.8. The number of anilines is 1. The molecular formula is C20H24Cl2N2O. The van der Waals surface area contributed by atoms with Crippen LogP contribution in [0.25, 0.3) is 0 Å². The zero-order valence-corrected chi connectivity index (χ0v) is 16.4. The Balaban J connectivity index is 2.22. The van der Waals surface area contributed by atoms with Crippen LogP contribution < -0.4 is 10.2 Å². The van der Waals surface area contributed by atoms with Crippen molar-refractivity contribution in [3.05, 3.63) is 64.1 Å². The number of halogens is 2. The molecule has 0 heterocycles. The highest BCUT2D eigenvalue weighted by Crippen LogP contribution is 2.29. The van der Waals surface area contributed by atoms with Crippen LogP contribution in [0.3, 0.4) is 0 Å². The van der Waals surface area contributed by atoms with Crippen molar-refractivity contribution in [3.63, 3.8) is 0 Å². The van der Waals surface area contributed by atoms with E-state index in [2.05, 4.69) is 12.2 Å². The van der Waals surface area contributed by atoms with Crippen molar-refractivity contribution in [2.45, 2.75) is 39.2 Å². The highest BCUT2D eigenvalue weighted by molar-refractivity contribution is 6.42.